The Hall–Kier alpha value is -2.66. The van der Waals surface area contributed by atoms with Gasteiger partial charge in [-0.2, -0.15) is 0 Å². The highest BCUT2D eigenvalue weighted by molar-refractivity contribution is 6.04. The fourth-order valence-electron chi connectivity index (χ4n) is 2.86. The van der Waals surface area contributed by atoms with Crippen molar-refractivity contribution in [3.63, 3.8) is 0 Å². The van der Waals surface area contributed by atoms with Crippen LogP contribution in [-0.4, -0.2) is 18.4 Å². The maximum Gasteiger partial charge on any atom is 0.255 e. The summed E-state index contributed by atoms with van der Waals surface area (Å²) >= 11 is 0. The minimum absolute atomic E-state index is 0.0500. The smallest absolute Gasteiger partial charge is 0.255 e. The largest absolute Gasteiger partial charge is 0.350 e. The Kier molecular flexibility index (Phi) is 8.52. The van der Waals surface area contributed by atoms with E-state index < -0.39 is 0 Å². The zero-order valence-corrected chi connectivity index (χ0v) is 15.9. The van der Waals surface area contributed by atoms with Crippen LogP contribution in [0, 0.1) is 0 Å². The number of nitrogens with two attached hydrogens (primary N) is 1. The minimum Gasteiger partial charge on any atom is -0.350 e. The van der Waals surface area contributed by atoms with Gasteiger partial charge in [0.25, 0.3) is 5.91 Å². The Labute approximate surface area is 161 Å². The number of hydrogen-bond acceptors (Lipinski definition) is 3. The molecule has 0 saturated heterocycles. The van der Waals surface area contributed by atoms with Crippen LogP contribution in [-0.2, 0) is 4.79 Å². The first-order valence-corrected chi connectivity index (χ1v) is 9.56. The van der Waals surface area contributed by atoms with Crippen molar-refractivity contribution in [1.82, 2.24) is 5.32 Å². The van der Waals surface area contributed by atoms with Crippen LogP contribution in [0.25, 0.3) is 0 Å². The summed E-state index contributed by atoms with van der Waals surface area (Å²) in [6, 6.07) is 16.5. The average Bonchev–Trinajstić information content (AvgIpc) is 2.68. The van der Waals surface area contributed by atoms with Crippen LogP contribution in [0.2, 0.25) is 0 Å². The Balaban J connectivity index is 1.86. The molecule has 0 aliphatic rings. The molecule has 2 aromatic carbocycles. The van der Waals surface area contributed by atoms with Crippen molar-refractivity contribution in [2.45, 2.75) is 45.1 Å². The molecule has 0 fully saturated rings. The molecule has 5 nitrogen and oxygen atoms in total. The Bertz CT molecular complexity index is 731. The standard InChI is InChI=1S/C22H29N3O2/c1-17(24-21(26)14-7-2-3-8-15-23)19-12-9-13-20(16-19)25-22(27)18-10-5-4-6-11-18/h4-6,9-13,16-17H,2-3,7-8,14-15,23H2,1H3,(H,24,26)(H,25,27). The molecule has 2 amide bonds. The van der Waals surface area contributed by atoms with Gasteiger partial charge in [0, 0.05) is 17.7 Å². The van der Waals surface area contributed by atoms with Crippen molar-refractivity contribution in [3.05, 3.63) is 65.7 Å². The van der Waals surface area contributed by atoms with Gasteiger partial charge < -0.3 is 16.4 Å². The molecule has 0 radical (unpaired) electrons. The van der Waals surface area contributed by atoms with E-state index in [9.17, 15) is 9.59 Å². The number of anilines is 1. The van der Waals surface area contributed by atoms with E-state index in [2.05, 4.69) is 10.6 Å². The zero-order valence-electron chi connectivity index (χ0n) is 15.9. The molecule has 1 atom stereocenters. The molecule has 0 aromatic heterocycles. The Morgan fingerprint density at radius 3 is 2.44 bits per heavy atom. The van der Waals surface area contributed by atoms with Crippen LogP contribution in [0.5, 0.6) is 0 Å². The average molecular weight is 367 g/mol. The number of benzene rings is 2. The second-order valence-electron chi connectivity index (χ2n) is 6.69. The van der Waals surface area contributed by atoms with Crippen molar-refractivity contribution in [1.29, 1.82) is 0 Å². The molecular formula is C22H29N3O2. The molecule has 5 heteroatoms. The Morgan fingerprint density at radius 1 is 0.963 bits per heavy atom. The maximum absolute atomic E-state index is 12.3. The molecule has 0 heterocycles. The number of carbonyl (C=O) groups excluding carboxylic acids is 2. The summed E-state index contributed by atoms with van der Waals surface area (Å²) in [4.78, 5) is 24.4. The second kappa shape index (κ2) is 11.1. The van der Waals surface area contributed by atoms with Crippen LogP contribution >= 0.6 is 0 Å². The third kappa shape index (κ3) is 7.23. The fraction of sp³-hybridized carbons (Fsp3) is 0.364. The third-order valence-electron chi connectivity index (χ3n) is 4.42. The zero-order chi connectivity index (χ0) is 19.5. The molecule has 144 valence electrons. The summed E-state index contributed by atoms with van der Waals surface area (Å²) in [7, 11) is 0. The SMILES string of the molecule is CC(NC(=O)CCCCCCN)c1cccc(NC(=O)c2ccccc2)c1. The van der Waals surface area contributed by atoms with E-state index in [0.717, 1.165) is 31.2 Å². The predicted octanol–water partition coefficient (Wildman–Crippen LogP) is 4.03. The monoisotopic (exact) mass is 367 g/mol. The predicted molar refractivity (Wildman–Crippen MR) is 110 cm³/mol. The van der Waals surface area contributed by atoms with Crippen LogP contribution in [0.1, 0.15) is 61.0 Å². The highest BCUT2D eigenvalue weighted by Gasteiger charge is 2.11. The van der Waals surface area contributed by atoms with Crippen molar-refractivity contribution >= 4 is 17.5 Å². The maximum atomic E-state index is 12.3. The fourth-order valence-corrected chi connectivity index (χ4v) is 2.86. The summed E-state index contributed by atoms with van der Waals surface area (Å²) in [6.45, 7) is 2.66. The van der Waals surface area contributed by atoms with Gasteiger partial charge in [-0.15, -0.1) is 0 Å². The van der Waals surface area contributed by atoms with Gasteiger partial charge in [0.15, 0.2) is 0 Å². The van der Waals surface area contributed by atoms with Gasteiger partial charge in [0.05, 0.1) is 6.04 Å². The van der Waals surface area contributed by atoms with E-state index in [0.29, 0.717) is 24.2 Å². The highest BCUT2D eigenvalue weighted by atomic mass is 16.2. The van der Waals surface area contributed by atoms with Gasteiger partial charge >= 0.3 is 0 Å². The first kappa shape index (κ1) is 20.6. The van der Waals surface area contributed by atoms with Gasteiger partial charge in [-0.05, 0) is 56.1 Å². The van der Waals surface area contributed by atoms with Crippen molar-refractivity contribution in [2.75, 3.05) is 11.9 Å². The van der Waals surface area contributed by atoms with E-state index in [1.54, 1.807) is 12.1 Å². The molecular weight excluding hydrogens is 338 g/mol. The van der Waals surface area contributed by atoms with Crippen LogP contribution in [0.3, 0.4) is 0 Å². The van der Waals surface area contributed by atoms with Crippen molar-refractivity contribution in [3.8, 4) is 0 Å². The molecule has 0 aliphatic heterocycles. The lowest BCUT2D eigenvalue weighted by molar-refractivity contribution is -0.121. The molecule has 0 bridgehead atoms. The van der Waals surface area contributed by atoms with E-state index in [-0.39, 0.29) is 17.9 Å². The number of rotatable bonds is 10. The lowest BCUT2D eigenvalue weighted by Gasteiger charge is -2.16. The molecule has 2 rings (SSSR count). The van der Waals surface area contributed by atoms with Crippen LogP contribution in [0.15, 0.2) is 54.6 Å². The summed E-state index contributed by atoms with van der Waals surface area (Å²) in [5.74, 6) is -0.101. The summed E-state index contributed by atoms with van der Waals surface area (Å²) < 4.78 is 0. The number of hydrogen-bond donors (Lipinski definition) is 3. The van der Waals surface area contributed by atoms with E-state index in [1.807, 2.05) is 49.4 Å². The summed E-state index contributed by atoms with van der Waals surface area (Å²) in [5.41, 5.74) is 7.75. The second-order valence-corrected chi connectivity index (χ2v) is 6.69. The first-order valence-electron chi connectivity index (χ1n) is 9.56. The van der Waals surface area contributed by atoms with Gasteiger partial charge in [-0.3, -0.25) is 9.59 Å². The molecule has 1 unspecified atom stereocenters. The van der Waals surface area contributed by atoms with E-state index in [4.69, 9.17) is 5.73 Å². The van der Waals surface area contributed by atoms with E-state index in [1.165, 1.54) is 0 Å². The van der Waals surface area contributed by atoms with Crippen molar-refractivity contribution < 1.29 is 9.59 Å². The lowest BCUT2D eigenvalue weighted by Crippen LogP contribution is -2.26. The molecule has 4 N–H and O–H groups in total. The Morgan fingerprint density at radius 2 is 1.70 bits per heavy atom. The number of amides is 2. The molecule has 0 spiro atoms. The summed E-state index contributed by atoms with van der Waals surface area (Å²) in [5, 5.41) is 5.92. The van der Waals surface area contributed by atoms with Gasteiger partial charge in [-0.1, -0.05) is 43.2 Å². The number of nitrogens with one attached hydrogen (secondary N) is 2. The topological polar surface area (TPSA) is 84.2 Å². The summed E-state index contributed by atoms with van der Waals surface area (Å²) in [6.07, 6.45) is 4.52. The van der Waals surface area contributed by atoms with E-state index >= 15 is 0 Å². The number of unbranched alkanes of at least 4 members (excludes halogenated alkanes) is 3. The van der Waals surface area contributed by atoms with Crippen LogP contribution in [0.4, 0.5) is 5.69 Å². The van der Waals surface area contributed by atoms with Gasteiger partial charge in [-0.25, -0.2) is 0 Å². The van der Waals surface area contributed by atoms with Gasteiger partial charge in [0.1, 0.15) is 0 Å². The van der Waals surface area contributed by atoms with Crippen LogP contribution < -0.4 is 16.4 Å². The first-order chi connectivity index (χ1) is 13.1. The molecule has 2 aromatic rings. The molecule has 0 saturated carbocycles. The normalized spacial score (nSPS) is 11.6. The molecule has 27 heavy (non-hydrogen) atoms. The molecule has 0 aliphatic carbocycles. The third-order valence-corrected chi connectivity index (χ3v) is 4.42. The van der Waals surface area contributed by atoms with Gasteiger partial charge in [0.2, 0.25) is 5.91 Å². The quantitative estimate of drug-likeness (QED) is 0.554. The van der Waals surface area contributed by atoms with Crippen molar-refractivity contribution in [2.24, 2.45) is 5.73 Å². The number of carbonyl (C=O) groups is 2. The highest BCUT2D eigenvalue weighted by Crippen LogP contribution is 2.18. The minimum atomic E-state index is -0.151. The lowest BCUT2D eigenvalue weighted by atomic mass is 10.1.